The van der Waals surface area contributed by atoms with Crippen LogP contribution in [-0.2, 0) is 97.8 Å². The Morgan fingerprint density at radius 3 is 1.00 bits per heavy atom. The number of nitrogens with one attached hydrogen (secondary N) is 4. The van der Waals surface area contributed by atoms with Gasteiger partial charge in [-0.2, -0.15) is 19.9 Å². The van der Waals surface area contributed by atoms with E-state index in [0.29, 0.717) is 0 Å². The summed E-state index contributed by atoms with van der Waals surface area (Å²) < 4.78 is 71.1. The summed E-state index contributed by atoms with van der Waals surface area (Å²) >= 11 is 21.2. The second kappa shape index (κ2) is 24.5. The molecule has 15 unspecified atom stereocenters. The van der Waals surface area contributed by atoms with Gasteiger partial charge in [0.15, 0.2) is 44.7 Å². The molecule has 0 bridgehead atoms. The van der Waals surface area contributed by atoms with Crippen molar-refractivity contribution in [1.29, 1.82) is 0 Å². The molecule has 0 aliphatic carbocycles. The van der Waals surface area contributed by atoms with Gasteiger partial charge in [-0.15, -0.1) is 0 Å². The van der Waals surface area contributed by atoms with Crippen LogP contribution in [0.15, 0.2) is 44.5 Å². The van der Waals surface area contributed by atoms with Gasteiger partial charge in [0.25, 0.3) is 22.2 Å². The van der Waals surface area contributed by atoms with E-state index in [-0.39, 0.29) is 94.1 Å². The minimum Gasteiger partial charge on any atom is -0.390 e. The maximum absolute atomic E-state index is 12.8. The van der Waals surface area contributed by atoms with Crippen molar-refractivity contribution in [2.45, 2.75) is 99.4 Å². The molecule has 15 atom stereocenters. The number of aromatic nitrogens is 16. The van der Waals surface area contributed by atoms with Gasteiger partial charge in [-0.25, -0.2) is 19.9 Å². The van der Waals surface area contributed by atoms with E-state index in [1.165, 1.54) is 43.6 Å². The summed E-state index contributed by atoms with van der Waals surface area (Å²) in [5.74, 6) is -0.931. The Balaban J connectivity index is 0.759. The molecule has 41 nitrogen and oxygen atoms in total. The third-order valence-electron chi connectivity index (χ3n) is 14.2. The number of aliphatic hydroxyl groups is 1. The summed E-state index contributed by atoms with van der Waals surface area (Å²) in [5, 5.41) is 11.0. The van der Waals surface area contributed by atoms with Gasteiger partial charge in [0.2, 0.25) is 23.8 Å². The van der Waals surface area contributed by atoms with Gasteiger partial charge in [-0.1, -0.05) is 0 Å². The largest absolute Gasteiger partial charge is 0.390 e. The Bertz CT molecular complexity index is 4500. The molecule has 18 N–H and O–H groups in total. The molecule has 49 heteroatoms. The van der Waals surface area contributed by atoms with E-state index in [1.807, 2.05) is 0 Å². The van der Waals surface area contributed by atoms with Crippen molar-refractivity contribution in [3.05, 3.63) is 66.7 Å². The number of imidazole rings is 4. The summed E-state index contributed by atoms with van der Waals surface area (Å²) in [7, 11) is 0. The highest BCUT2D eigenvalue weighted by Gasteiger charge is 2.47. The Hall–Kier alpha value is -5.48. The number of anilines is 4. The van der Waals surface area contributed by atoms with Gasteiger partial charge in [0.05, 0.1) is 76.2 Å². The van der Waals surface area contributed by atoms with Crippen LogP contribution in [0.25, 0.3) is 44.7 Å². The molecule has 4 saturated heterocycles. The first kappa shape index (κ1) is 63.7. The number of nitrogen functional groups attached to an aromatic ring is 4. The van der Waals surface area contributed by atoms with Crippen LogP contribution >= 0.6 is 26.9 Å². The number of nitrogens with two attached hydrogens (primary N) is 4. The maximum Gasteiger partial charge on any atom is 0.324 e. The molecule has 0 saturated carbocycles. The number of H-pyrrole nitrogens is 4. The SMILES string of the molecule is Nc1nc2c(ncn2C2CC(O)C(COP(O)(=S)OC3CC(n4cnc5c(=O)[nH]c(N)nc54)OC3COP(O)(=S)OC3CC(n4cnc5c(=O)[nH]c(N)nc54)OC3COP(O)(=S)OC3CC(n4cnc5c(=O)[nH]c(N)nc54)OC3COP(O)(O)=S)O2)c(=O)[nH]1. The van der Waals surface area contributed by atoms with Crippen LogP contribution < -0.4 is 45.2 Å². The molecule has 12 rings (SSSR count). The van der Waals surface area contributed by atoms with Crippen molar-refractivity contribution in [2.24, 2.45) is 0 Å². The zero-order chi connectivity index (χ0) is 63.2. The number of nitrogens with zero attached hydrogens (tertiary/aromatic N) is 12. The van der Waals surface area contributed by atoms with E-state index in [0.717, 1.165) is 0 Å². The number of hydrogen-bond donors (Lipinski definition) is 14. The lowest BCUT2D eigenvalue weighted by molar-refractivity contribution is -0.0545. The van der Waals surface area contributed by atoms with E-state index in [1.54, 1.807) is 0 Å². The minimum atomic E-state index is -4.53. The molecule has 4 aliphatic rings. The third kappa shape index (κ3) is 13.7. The fraction of sp³-hybridized carbons (Fsp3) is 0.500. The van der Waals surface area contributed by atoms with E-state index in [4.69, 9.17) is 109 Å². The van der Waals surface area contributed by atoms with Crippen LogP contribution in [0.4, 0.5) is 23.8 Å². The number of ether oxygens (including phenoxy) is 4. The van der Waals surface area contributed by atoms with E-state index in [2.05, 4.69) is 71.6 Å². The lowest BCUT2D eigenvalue weighted by Crippen LogP contribution is -2.31. The summed E-state index contributed by atoms with van der Waals surface area (Å²) in [6, 6.07) is 0. The second-order valence-corrected chi connectivity index (χ2v) is 31.2. The highest BCUT2D eigenvalue weighted by atomic mass is 32.5. The first-order valence-electron chi connectivity index (χ1n) is 25.9. The zero-order valence-electron chi connectivity index (χ0n) is 44.8. The Labute approximate surface area is 513 Å². The molecular formula is C40H50N20O21P4S4. The van der Waals surface area contributed by atoms with Crippen LogP contribution in [0, 0.1) is 0 Å². The van der Waals surface area contributed by atoms with Gasteiger partial charge in [-0.3, -0.25) is 57.4 Å². The number of aromatic amines is 4. The van der Waals surface area contributed by atoms with E-state index in [9.17, 15) is 48.8 Å². The molecule has 0 spiro atoms. The minimum absolute atomic E-state index is 0.00812. The van der Waals surface area contributed by atoms with Crippen LogP contribution in [-0.4, -0.2) is 183 Å². The van der Waals surface area contributed by atoms with Crippen molar-refractivity contribution in [2.75, 3.05) is 49.4 Å². The van der Waals surface area contributed by atoms with Gasteiger partial charge >= 0.3 is 26.9 Å². The molecule has 8 aromatic heterocycles. The molecule has 0 amide bonds. The standard InChI is InChI=1S/C40H50N20O21P4S4/c41-37-49-29-25(33(62)53-37)45-9-57(29)21-1-13(61)17(75-21)5-72-83(68,87)80-15-3-23(59-11-47-27-31(59)51-39(43)55-35(27)64)77-19(15)7-74-85(70,89)81-16-4-24(60-12-48-28-32(60)52-40(44)56-36(28)65)78-20(16)8-73-84(69,88)79-14-2-22(76-18(14)6-71-82(66,67)86)58-10-46-26-30(58)50-38(42)54-34(26)63/h9-24,61H,1-8H2,(H,68,87)(H,69,88)(H,70,89)(H2,66,67,86)(H3,41,49,53,62)(H3,42,50,54,63)(H3,43,51,55,64)(H3,44,52,56,65). The Kier molecular flexibility index (Phi) is 17.5. The normalized spacial score (nSPS) is 27.9. The Morgan fingerprint density at radius 2 is 0.708 bits per heavy atom. The molecule has 0 aromatic carbocycles. The smallest absolute Gasteiger partial charge is 0.324 e. The molecular weight excluding hydrogens is 1350 g/mol. The number of rotatable bonds is 22. The molecule has 4 aliphatic heterocycles. The van der Waals surface area contributed by atoms with Gasteiger partial charge in [0, 0.05) is 25.7 Å². The van der Waals surface area contributed by atoms with Crippen molar-refractivity contribution in [3.8, 4) is 0 Å². The van der Waals surface area contributed by atoms with Gasteiger partial charge in [-0.05, 0) is 47.2 Å². The lowest BCUT2D eigenvalue weighted by Gasteiger charge is -2.28. The monoisotopic (exact) mass is 1400 g/mol. The summed E-state index contributed by atoms with van der Waals surface area (Å²) in [6.07, 6.45) is -9.83. The summed E-state index contributed by atoms with van der Waals surface area (Å²) in [4.78, 5) is 148. The van der Waals surface area contributed by atoms with Crippen molar-refractivity contribution < 1.29 is 80.2 Å². The summed E-state index contributed by atoms with van der Waals surface area (Å²) in [6.45, 7) is -20.1. The molecule has 0 radical (unpaired) electrons. The van der Waals surface area contributed by atoms with Crippen LogP contribution in [0.5, 0.6) is 0 Å². The molecule has 12 heterocycles. The lowest BCUT2D eigenvalue weighted by atomic mass is 10.2. The predicted octanol–water partition coefficient (Wildman–Crippen LogP) is -2.56. The fourth-order valence-corrected chi connectivity index (χ4v) is 15.3. The molecule has 8 aromatic rings. The van der Waals surface area contributed by atoms with Gasteiger partial charge in [0.1, 0.15) is 49.3 Å². The van der Waals surface area contributed by atoms with Crippen molar-refractivity contribution in [3.63, 3.8) is 0 Å². The quantitative estimate of drug-likeness (QED) is 0.0310. The average Bonchev–Trinajstić information content (AvgIpc) is 1.68. The highest BCUT2D eigenvalue weighted by Crippen LogP contribution is 2.54. The molecule has 4 fully saturated rings. The number of aliphatic hydroxyl groups excluding tert-OH is 1. The molecule has 89 heavy (non-hydrogen) atoms. The van der Waals surface area contributed by atoms with E-state index >= 15 is 0 Å². The zero-order valence-corrected chi connectivity index (χ0v) is 51.6. The van der Waals surface area contributed by atoms with Gasteiger partial charge < -0.3 is 103 Å². The fourth-order valence-electron chi connectivity index (χ4n) is 10.3. The number of fused-ring (bicyclic) bond motifs is 4. The third-order valence-corrected chi connectivity index (χ3v) is 19.8. The second-order valence-electron chi connectivity index (χ2n) is 20.1. The molecule has 480 valence electrons. The maximum atomic E-state index is 12.8. The van der Waals surface area contributed by atoms with Crippen molar-refractivity contribution >= 4 is 143 Å². The predicted molar refractivity (Wildman–Crippen MR) is 317 cm³/mol. The summed E-state index contributed by atoms with van der Waals surface area (Å²) in [5.41, 5.74) is 20.4. The van der Waals surface area contributed by atoms with Crippen LogP contribution in [0.3, 0.4) is 0 Å². The Morgan fingerprint density at radius 1 is 0.449 bits per heavy atom. The number of hydrogen-bond acceptors (Lipinski definition) is 32. The highest BCUT2D eigenvalue weighted by molar-refractivity contribution is 8.08. The topological polar surface area (TPSA) is 581 Å². The van der Waals surface area contributed by atoms with Crippen LogP contribution in [0.2, 0.25) is 0 Å². The van der Waals surface area contributed by atoms with Crippen molar-refractivity contribution in [1.82, 2.24) is 78.1 Å². The first-order valence-corrected chi connectivity index (χ1v) is 36.3. The average molecular weight is 1400 g/mol. The van der Waals surface area contributed by atoms with E-state index < -0.39 is 149 Å². The first-order chi connectivity index (χ1) is 42.0. The van der Waals surface area contributed by atoms with Crippen LogP contribution in [0.1, 0.15) is 50.6 Å².